The van der Waals surface area contributed by atoms with E-state index in [0.29, 0.717) is 11.3 Å². The van der Waals surface area contributed by atoms with Crippen LogP contribution in [0.2, 0.25) is 0 Å². The smallest absolute Gasteiger partial charge is 0.341 e. The normalized spacial score (nSPS) is 13.5. The van der Waals surface area contributed by atoms with Crippen LogP contribution in [0.3, 0.4) is 0 Å². The average Bonchev–Trinajstić information content (AvgIpc) is 2.35. The molecular formula is C13H12O4. The lowest BCUT2D eigenvalue weighted by molar-refractivity contribution is -0.139. The van der Waals surface area contributed by atoms with Crippen LogP contribution in [0.4, 0.5) is 0 Å². The van der Waals surface area contributed by atoms with Crippen LogP contribution in [0.1, 0.15) is 17.5 Å². The molecular weight excluding hydrogens is 220 g/mol. The van der Waals surface area contributed by atoms with Crippen molar-refractivity contribution in [3.63, 3.8) is 0 Å². The molecule has 1 aliphatic carbocycles. The molecule has 1 aliphatic rings. The number of hydrogen-bond acceptors (Lipinski definition) is 3. The van der Waals surface area contributed by atoms with E-state index in [1.54, 1.807) is 12.1 Å². The van der Waals surface area contributed by atoms with E-state index < -0.39 is 5.97 Å². The lowest BCUT2D eigenvalue weighted by Crippen LogP contribution is -2.12. The molecule has 1 aromatic rings. The number of hydrogen-bond donors (Lipinski definition) is 1. The van der Waals surface area contributed by atoms with Gasteiger partial charge in [-0.15, -0.1) is 0 Å². The summed E-state index contributed by atoms with van der Waals surface area (Å²) in [4.78, 5) is 21.4. The van der Waals surface area contributed by atoms with Crippen molar-refractivity contribution < 1.29 is 19.4 Å². The summed E-state index contributed by atoms with van der Waals surface area (Å²) >= 11 is 0. The van der Waals surface area contributed by atoms with Gasteiger partial charge in [-0.1, -0.05) is 18.2 Å². The minimum Gasteiger partial charge on any atom is -0.482 e. The van der Waals surface area contributed by atoms with Crippen molar-refractivity contribution in [2.45, 2.75) is 12.8 Å². The molecule has 0 fully saturated rings. The van der Waals surface area contributed by atoms with Crippen molar-refractivity contribution >= 4 is 17.8 Å². The predicted octanol–water partition coefficient (Wildman–Crippen LogP) is 1.68. The van der Waals surface area contributed by atoms with Crippen LogP contribution in [0.5, 0.6) is 5.75 Å². The monoisotopic (exact) mass is 232 g/mol. The molecule has 2 rings (SSSR count). The lowest BCUT2D eigenvalue weighted by atomic mass is 9.91. The quantitative estimate of drug-likeness (QED) is 0.802. The van der Waals surface area contributed by atoms with Gasteiger partial charge in [0.05, 0.1) is 0 Å². The number of benzene rings is 1. The second-order valence-corrected chi connectivity index (χ2v) is 3.78. The molecule has 0 saturated heterocycles. The maximum atomic E-state index is 10.9. The first kappa shape index (κ1) is 11.4. The summed E-state index contributed by atoms with van der Waals surface area (Å²) in [5, 5.41) is 8.58. The molecule has 17 heavy (non-hydrogen) atoms. The molecule has 0 unspecified atom stereocenters. The zero-order chi connectivity index (χ0) is 12.3. The van der Waals surface area contributed by atoms with Gasteiger partial charge in [-0.2, -0.15) is 0 Å². The van der Waals surface area contributed by atoms with E-state index in [9.17, 15) is 9.59 Å². The Morgan fingerprint density at radius 2 is 2.29 bits per heavy atom. The van der Waals surface area contributed by atoms with E-state index in [2.05, 4.69) is 0 Å². The zero-order valence-electron chi connectivity index (χ0n) is 9.18. The summed E-state index contributed by atoms with van der Waals surface area (Å²) in [6, 6.07) is 5.34. The van der Waals surface area contributed by atoms with E-state index in [0.717, 1.165) is 30.3 Å². The van der Waals surface area contributed by atoms with Gasteiger partial charge in [0, 0.05) is 11.1 Å². The Balaban J connectivity index is 2.33. The molecule has 4 heteroatoms. The SMILES string of the molecule is O=CC1=CCCc2c(OCC(=O)O)cccc21. The highest BCUT2D eigenvalue weighted by molar-refractivity contribution is 6.08. The average molecular weight is 232 g/mol. The van der Waals surface area contributed by atoms with Gasteiger partial charge in [0.2, 0.25) is 0 Å². The third-order valence-corrected chi connectivity index (χ3v) is 2.68. The van der Waals surface area contributed by atoms with Crippen molar-refractivity contribution in [1.29, 1.82) is 0 Å². The van der Waals surface area contributed by atoms with Gasteiger partial charge in [-0.25, -0.2) is 4.79 Å². The molecule has 0 bridgehead atoms. The molecule has 1 N–H and O–H groups in total. The van der Waals surface area contributed by atoms with E-state index in [1.807, 2.05) is 12.1 Å². The van der Waals surface area contributed by atoms with Gasteiger partial charge in [-0.3, -0.25) is 4.79 Å². The zero-order valence-corrected chi connectivity index (χ0v) is 9.18. The van der Waals surface area contributed by atoms with Gasteiger partial charge in [0.15, 0.2) is 6.61 Å². The van der Waals surface area contributed by atoms with Crippen LogP contribution in [0.25, 0.3) is 5.57 Å². The van der Waals surface area contributed by atoms with E-state index in [1.165, 1.54) is 0 Å². The fourth-order valence-electron chi connectivity index (χ4n) is 1.96. The number of aliphatic carboxylic acids is 1. The number of fused-ring (bicyclic) bond motifs is 1. The Bertz CT molecular complexity index is 488. The summed E-state index contributed by atoms with van der Waals surface area (Å²) in [7, 11) is 0. The second-order valence-electron chi connectivity index (χ2n) is 3.78. The lowest BCUT2D eigenvalue weighted by Gasteiger charge is -2.17. The predicted molar refractivity (Wildman–Crippen MR) is 61.9 cm³/mol. The van der Waals surface area contributed by atoms with Crippen LogP contribution < -0.4 is 4.74 Å². The molecule has 0 amide bonds. The first-order chi connectivity index (χ1) is 8.22. The first-order valence-corrected chi connectivity index (χ1v) is 5.34. The molecule has 4 nitrogen and oxygen atoms in total. The van der Waals surface area contributed by atoms with Crippen LogP contribution >= 0.6 is 0 Å². The van der Waals surface area contributed by atoms with Crippen molar-refractivity contribution in [3.8, 4) is 5.75 Å². The number of allylic oxidation sites excluding steroid dienone is 2. The Labute approximate surface area is 98.5 Å². The number of carboxylic acids is 1. The summed E-state index contributed by atoms with van der Waals surface area (Å²) in [5.41, 5.74) is 2.40. The van der Waals surface area contributed by atoms with E-state index in [4.69, 9.17) is 9.84 Å². The van der Waals surface area contributed by atoms with Gasteiger partial charge in [-0.05, 0) is 24.5 Å². The third-order valence-electron chi connectivity index (χ3n) is 2.68. The number of aldehydes is 1. The van der Waals surface area contributed by atoms with Gasteiger partial charge in [0.1, 0.15) is 12.0 Å². The molecule has 0 saturated carbocycles. The highest BCUT2D eigenvalue weighted by Gasteiger charge is 2.16. The Hall–Kier alpha value is -2.10. The summed E-state index contributed by atoms with van der Waals surface area (Å²) in [6.07, 6.45) is 4.24. The molecule has 0 aliphatic heterocycles. The van der Waals surface area contributed by atoms with Gasteiger partial charge in [0.25, 0.3) is 0 Å². The minimum atomic E-state index is -1.01. The summed E-state index contributed by atoms with van der Waals surface area (Å²) in [5.74, 6) is -0.457. The molecule has 88 valence electrons. The van der Waals surface area contributed by atoms with Crippen LogP contribution in [-0.4, -0.2) is 24.0 Å². The van der Waals surface area contributed by atoms with Crippen molar-refractivity contribution in [1.82, 2.24) is 0 Å². The summed E-state index contributed by atoms with van der Waals surface area (Å²) in [6.45, 7) is -0.364. The summed E-state index contributed by atoms with van der Waals surface area (Å²) < 4.78 is 5.22. The maximum Gasteiger partial charge on any atom is 0.341 e. The Morgan fingerprint density at radius 1 is 1.47 bits per heavy atom. The Morgan fingerprint density at radius 3 is 3.00 bits per heavy atom. The maximum absolute atomic E-state index is 10.9. The highest BCUT2D eigenvalue weighted by Crippen LogP contribution is 2.32. The van der Waals surface area contributed by atoms with Crippen molar-refractivity contribution in [2.75, 3.05) is 6.61 Å². The van der Waals surface area contributed by atoms with Gasteiger partial charge < -0.3 is 9.84 Å². The van der Waals surface area contributed by atoms with Gasteiger partial charge >= 0.3 is 5.97 Å². The largest absolute Gasteiger partial charge is 0.482 e. The number of rotatable bonds is 4. The molecule has 0 spiro atoms. The molecule has 0 aromatic heterocycles. The number of ether oxygens (including phenoxy) is 1. The Kier molecular flexibility index (Phi) is 3.23. The first-order valence-electron chi connectivity index (χ1n) is 5.34. The second kappa shape index (κ2) is 4.82. The molecule has 1 aromatic carbocycles. The van der Waals surface area contributed by atoms with Crippen molar-refractivity contribution in [2.24, 2.45) is 0 Å². The number of carboxylic acid groups (broad SMARTS) is 1. The standard InChI is InChI=1S/C13H12O4/c14-7-9-3-1-5-11-10(9)4-2-6-12(11)17-8-13(15)16/h2-4,6-7H,1,5,8H2,(H,15,16). The van der Waals surface area contributed by atoms with Crippen LogP contribution in [0, 0.1) is 0 Å². The van der Waals surface area contributed by atoms with E-state index in [-0.39, 0.29) is 6.61 Å². The fourth-order valence-corrected chi connectivity index (χ4v) is 1.96. The molecule has 0 heterocycles. The molecule has 0 radical (unpaired) electrons. The van der Waals surface area contributed by atoms with Crippen LogP contribution in [0.15, 0.2) is 24.3 Å². The van der Waals surface area contributed by atoms with E-state index >= 15 is 0 Å². The highest BCUT2D eigenvalue weighted by atomic mass is 16.5. The van der Waals surface area contributed by atoms with Crippen molar-refractivity contribution in [3.05, 3.63) is 35.4 Å². The van der Waals surface area contributed by atoms with Crippen LogP contribution in [-0.2, 0) is 16.0 Å². The minimum absolute atomic E-state index is 0.364. The number of carbonyl (C=O) groups is 2. The molecule has 0 atom stereocenters. The fraction of sp³-hybridized carbons (Fsp3) is 0.231. The topological polar surface area (TPSA) is 63.6 Å². The number of carbonyl (C=O) groups excluding carboxylic acids is 1. The third kappa shape index (κ3) is 2.36.